The molecule has 0 nitrogen and oxygen atoms in total. The molecule has 1 heteroatoms. The van der Waals surface area contributed by atoms with Crippen molar-refractivity contribution in [2.75, 3.05) is 0 Å². The van der Waals surface area contributed by atoms with Crippen LogP contribution in [0.25, 0.3) is 20.8 Å². The van der Waals surface area contributed by atoms with E-state index >= 15 is 0 Å². The summed E-state index contributed by atoms with van der Waals surface area (Å²) in [5.41, 5.74) is 1.37. The molecule has 3 aromatic rings. The van der Waals surface area contributed by atoms with Gasteiger partial charge in [0.15, 0.2) is 0 Å². The van der Waals surface area contributed by atoms with Gasteiger partial charge in [-0.3, -0.25) is 0 Å². The molecule has 15 heavy (non-hydrogen) atoms. The van der Waals surface area contributed by atoms with Gasteiger partial charge in [0, 0.05) is 0 Å². The molecule has 0 aliphatic carbocycles. The SMILES string of the molecule is c1c[se]c(-c2ccc3ccccc3c2)c1. The third-order valence-corrected chi connectivity index (χ3v) is 4.48. The van der Waals surface area contributed by atoms with Gasteiger partial charge in [0.25, 0.3) is 0 Å². The molecule has 0 spiro atoms. The van der Waals surface area contributed by atoms with E-state index in [9.17, 15) is 0 Å². The Balaban J connectivity index is 2.22. The number of benzene rings is 2. The fourth-order valence-corrected chi connectivity index (χ4v) is 3.30. The predicted molar refractivity (Wildman–Crippen MR) is 66.3 cm³/mol. The molecule has 3 rings (SSSR count). The van der Waals surface area contributed by atoms with E-state index < -0.39 is 0 Å². The first kappa shape index (κ1) is 8.96. The third kappa shape index (κ3) is 1.65. The van der Waals surface area contributed by atoms with Crippen molar-refractivity contribution in [3.63, 3.8) is 0 Å². The van der Waals surface area contributed by atoms with E-state index in [0.29, 0.717) is 14.5 Å². The van der Waals surface area contributed by atoms with Crippen LogP contribution < -0.4 is 0 Å². The van der Waals surface area contributed by atoms with Crippen molar-refractivity contribution in [3.8, 4) is 10.0 Å². The second-order valence-electron chi connectivity index (χ2n) is 3.54. The Kier molecular flexibility index (Phi) is 2.21. The maximum atomic E-state index is 2.29. The Bertz CT molecular complexity index is 579. The summed E-state index contributed by atoms with van der Waals surface area (Å²) in [5, 5.41) is 2.65. The fourth-order valence-electron chi connectivity index (χ4n) is 1.79. The first-order valence-electron chi connectivity index (χ1n) is 4.96. The van der Waals surface area contributed by atoms with Crippen molar-refractivity contribution in [2.24, 2.45) is 0 Å². The van der Waals surface area contributed by atoms with Gasteiger partial charge in [-0.15, -0.1) is 0 Å². The van der Waals surface area contributed by atoms with Crippen molar-refractivity contribution >= 4 is 25.3 Å². The zero-order valence-electron chi connectivity index (χ0n) is 8.18. The minimum absolute atomic E-state index is 0.530. The van der Waals surface area contributed by atoms with Crippen molar-refractivity contribution in [1.29, 1.82) is 0 Å². The second-order valence-corrected chi connectivity index (χ2v) is 5.53. The zero-order chi connectivity index (χ0) is 10.1. The monoisotopic (exact) mass is 258 g/mol. The van der Waals surface area contributed by atoms with Crippen molar-refractivity contribution in [3.05, 3.63) is 59.5 Å². The van der Waals surface area contributed by atoms with Crippen LogP contribution in [-0.4, -0.2) is 14.5 Å². The molecule has 0 N–H and O–H groups in total. The van der Waals surface area contributed by atoms with Crippen LogP contribution >= 0.6 is 0 Å². The Morgan fingerprint density at radius 2 is 1.60 bits per heavy atom. The summed E-state index contributed by atoms with van der Waals surface area (Å²) in [5.74, 6) is 0. The van der Waals surface area contributed by atoms with Gasteiger partial charge in [0.2, 0.25) is 0 Å². The average Bonchev–Trinajstić information content (AvgIpc) is 2.82. The van der Waals surface area contributed by atoms with Gasteiger partial charge in [-0.1, -0.05) is 0 Å². The molecule has 0 saturated heterocycles. The van der Waals surface area contributed by atoms with Crippen molar-refractivity contribution < 1.29 is 0 Å². The van der Waals surface area contributed by atoms with Gasteiger partial charge in [0.05, 0.1) is 0 Å². The van der Waals surface area contributed by atoms with E-state index in [1.54, 1.807) is 0 Å². The molecule has 0 saturated carbocycles. The van der Waals surface area contributed by atoms with Gasteiger partial charge < -0.3 is 0 Å². The Hall–Kier alpha value is -1.30. The van der Waals surface area contributed by atoms with E-state index in [1.807, 2.05) is 0 Å². The fraction of sp³-hybridized carbons (Fsp3) is 0. The van der Waals surface area contributed by atoms with Crippen molar-refractivity contribution in [2.45, 2.75) is 0 Å². The van der Waals surface area contributed by atoms with Gasteiger partial charge >= 0.3 is 94.8 Å². The summed E-state index contributed by atoms with van der Waals surface area (Å²) in [7, 11) is 0. The molecule has 1 aromatic heterocycles. The molecule has 0 aliphatic rings. The maximum absolute atomic E-state index is 2.29. The summed E-state index contributed by atoms with van der Waals surface area (Å²) in [6.07, 6.45) is 0. The molecule has 2 aromatic carbocycles. The standard InChI is InChI=1S/C14H10Se/c1-2-5-12-10-13(8-7-11(12)4-1)14-6-3-9-15-14/h1-10H. The number of rotatable bonds is 1. The van der Waals surface area contributed by atoms with Gasteiger partial charge in [-0.2, -0.15) is 0 Å². The average molecular weight is 257 g/mol. The summed E-state index contributed by atoms with van der Waals surface area (Å²) in [4.78, 5) is 2.26. The van der Waals surface area contributed by atoms with Crippen molar-refractivity contribution in [1.82, 2.24) is 0 Å². The zero-order valence-corrected chi connectivity index (χ0v) is 9.89. The quantitative estimate of drug-likeness (QED) is 0.585. The minimum atomic E-state index is 0.530. The van der Waals surface area contributed by atoms with E-state index in [4.69, 9.17) is 0 Å². The molecule has 0 bridgehead atoms. The first-order chi connectivity index (χ1) is 7.43. The van der Waals surface area contributed by atoms with Crippen LogP contribution in [0, 0.1) is 0 Å². The Labute approximate surface area is 94.9 Å². The van der Waals surface area contributed by atoms with Crippen LogP contribution in [0.4, 0.5) is 0 Å². The van der Waals surface area contributed by atoms with E-state index in [0.717, 1.165) is 0 Å². The number of hydrogen-bond acceptors (Lipinski definition) is 0. The molecule has 0 unspecified atom stereocenters. The third-order valence-electron chi connectivity index (χ3n) is 2.56. The molecule has 0 fully saturated rings. The van der Waals surface area contributed by atoms with E-state index in [1.165, 1.54) is 20.8 Å². The summed E-state index contributed by atoms with van der Waals surface area (Å²) < 4.78 is 1.48. The molecule has 1 heterocycles. The van der Waals surface area contributed by atoms with Crippen LogP contribution in [0.15, 0.2) is 59.5 Å². The number of hydrogen-bond donors (Lipinski definition) is 0. The van der Waals surface area contributed by atoms with Crippen LogP contribution in [0.5, 0.6) is 0 Å². The normalized spacial score (nSPS) is 10.7. The van der Waals surface area contributed by atoms with E-state index in [-0.39, 0.29) is 0 Å². The Morgan fingerprint density at radius 3 is 2.40 bits per heavy atom. The van der Waals surface area contributed by atoms with E-state index in [2.05, 4.69) is 59.5 Å². The molecule has 0 atom stereocenters. The summed E-state index contributed by atoms with van der Waals surface area (Å²) in [6.45, 7) is 0. The summed E-state index contributed by atoms with van der Waals surface area (Å²) in [6, 6.07) is 19.6. The first-order valence-corrected chi connectivity index (χ1v) is 6.81. The van der Waals surface area contributed by atoms with Crippen LogP contribution in [0.2, 0.25) is 0 Å². The molecular weight excluding hydrogens is 247 g/mol. The number of fused-ring (bicyclic) bond motifs is 1. The van der Waals surface area contributed by atoms with Gasteiger partial charge in [-0.25, -0.2) is 0 Å². The van der Waals surface area contributed by atoms with Crippen LogP contribution in [0.3, 0.4) is 0 Å². The molecular formula is C14H10Se. The van der Waals surface area contributed by atoms with Crippen LogP contribution in [0.1, 0.15) is 0 Å². The molecule has 72 valence electrons. The van der Waals surface area contributed by atoms with Crippen LogP contribution in [-0.2, 0) is 0 Å². The Morgan fingerprint density at radius 1 is 0.733 bits per heavy atom. The molecule has 0 amide bonds. The topological polar surface area (TPSA) is 0 Å². The van der Waals surface area contributed by atoms with Gasteiger partial charge in [0.1, 0.15) is 0 Å². The molecule has 0 radical (unpaired) electrons. The second kappa shape index (κ2) is 3.69. The molecule has 0 aliphatic heterocycles. The predicted octanol–water partition coefficient (Wildman–Crippen LogP) is 3.56. The van der Waals surface area contributed by atoms with Gasteiger partial charge in [-0.05, 0) is 0 Å². The summed E-state index contributed by atoms with van der Waals surface area (Å²) >= 11 is 0.530.